The molecule has 0 bridgehead atoms. The van der Waals surface area contributed by atoms with Crippen molar-refractivity contribution in [3.05, 3.63) is 30.5 Å². The van der Waals surface area contributed by atoms with Crippen LogP contribution in [0.3, 0.4) is 0 Å². The Morgan fingerprint density at radius 2 is 2.16 bits per heavy atom. The highest BCUT2D eigenvalue weighted by atomic mass is 19.1. The summed E-state index contributed by atoms with van der Waals surface area (Å²) in [6.07, 6.45) is 2.59. The van der Waals surface area contributed by atoms with Gasteiger partial charge < -0.3 is 15.7 Å². The molecule has 3 aromatic rings. The van der Waals surface area contributed by atoms with Crippen LogP contribution < -0.4 is 5.73 Å². The van der Waals surface area contributed by atoms with Gasteiger partial charge in [0.25, 0.3) is 0 Å². The van der Waals surface area contributed by atoms with Gasteiger partial charge in [0.2, 0.25) is 5.95 Å². The van der Waals surface area contributed by atoms with Crippen molar-refractivity contribution < 1.29 is 14.3 Å². The number of hydrogen-bond acceptors (Lipinski definition) is 6. The summed E-state index contributed by atoms with van der Waals surface area (Å²) in [5.41, 5.74) is 7.06. The van der Waals surface area contributed by atoms with Gasteiger partial charge in [0.1, 0.15) is 5.82 Å². The van der Waals surface area contributed by atoms with Crippen LogP contribution in [0.25, 0.3) is 22.4 Å². The Labute approximate surface area is 140 Å². The third-order valence-corrected chi connectivity index (χ3v) is 4.25. The summed E-state index contributed by atoms with van der Waals surface area (Å²) in [4.78, 5) is 24.8. The van der Waals surface area contributed by atoms with E-state index in [4.69, 9.17) is 10.8 Å². The second kappa shape index (κ2) is 5.65. The van der Waals surface area contributed by atoms with Crippen LogP contribution in [0, 0.1) is 5.95 Å². The van der Waals surface area contributed by atoms with Crippen molar-refractivity contribution in [1.29, 1.82) is 0 Å². The molecule has 4 heterocycles. The molecular formula is C15H14FN7O2. The largest absolute Gasteiger partial charge is 0.465 e. The molecule has 25 heavy (non-hydrogen) atoms. The number of anilines is 1. The fourth-order valence-corrected chi connectivity index (χ4v) is 2.97. The molecule has 0 unspecified atom stereocenters. The lowest BCUT2D eigenvalue weighted by Crippen LogP contribution is -2.27. The number of pyridine rings is 1. The summed E-state index contributed by atoms with van der Waals surface area (Å²) in [5.74, 6) is -0.0291. The van der Waals surface area contributed by atoms with Crippen LogP contribution in [0.4, 0.5) is 15.0 Å². The summed E-state index contributed by atoms with van der Waals surface area (Å²) in [6.45, 7) is 0.778. The fraction of sp³-hybridized carbons (Fsp3) is 0.267. The molecule has 1 aliphatic rings. The molecule has 1 fully saturated rings. The van der Waals surface area contributed by atoms with E-state index in [-0.39, 0.29) is 11.9 Å². The van der Waals surface area contributed by atoms with Crippen LogP contribution in [0.1, 0.15) is 12.5 Å². The normalized spacial score (nSPS) is 17.3. The summed E-state index contributed by atoms with van der Waals surface area (Å²) in [7, 11) is 0. The van der Waals surface area contributed by atoms with Crippen LogP contribution in [-0.4, -0.2) is 53.9 Å². The molecule has 0 aliphatic carbocycles. The zero-order valence-corrected chi connectivity index (χ0v) is 13.0. The molecule has 0 saturated carbocycles. The van der Waals surface area contributed by atoms with E-state index in [1.54, 1.807) is 10.9 Å². The number of carbonyl (C=O) groups is 1. The fourth-order valence-electron chi connectivity index (χ4n) is 2.97. The Bertz CT molecular complexity index is 956. The molecule has 3 aromatic heterocycles. The highest BCUT2D eigenvalue weighted by Crippen LogP contribution is 2.28. The van der Waals surface area contributed by atoms with Crippen molar-refractivity contribution in [3.8, 4) is 11.4 Å². The van der Waals surface area contributed by atoms with Crippen molar-refractivity contribution >= 4 is 22.9 Å². The minimum Gasteiger partial charge on any atom is -0.465 e. The van der Waals surface area contributed by atoms with Gasteiger partial charge in [-0.15, -0.1) is 0 Å². The highest BCUT2D eigenvalue weighted by Gasteiger charge is 2.29. The molecule has 9 nitrogen and oxygen atoms in total. The minimum absolute atomic E-state index is 0.123. The van der Waals surface area contributed by atoms with E-state index in [1.165, 1.54) is 23.2 Å². The van der Waals surface area contributed by atoms with Gasteiger partial charge in [-0.1, -0.05) is 0 Å². The molecular weight excluding hydrogens is 329 g/mol. The van der Waals surface area contributed by atoms with E-state index in [0.29, 0.717) is 41.9 Å². The molecule has 3 N–H and O–H groups in total. The van der Waals surface area contributed by atoms with E-state index >= 15 is 0 Å². The molecule has 1 saturated heterocycles. The van der Waals surface area contributed by atoms with Gasteiger partial charge >= 0.3 is 6.09 Å². The number of amides is 1. The van der Waals surface area contributed by atoms with Crippen LogP contribution >= 0.6 is 0 Å². The van der Waals surface area contributed by atoms with Gasteiger partial charge in [-0.05, 0) is 18.6 Å². The lowest BCUT2D eigenvalue weighted by atomic mass is 10.2. The first-order valence-electron chi connectivity index (χ1n) is 7.63. The number of nitrogens with zero attached hydrogens (tertiary/aromatic N) is 6. The van der Waals surface area contributed by atoms with E-state index in [9.17, 15) is 9.18 Å². The molecule has 128 valence electrons. The van der Waals surface area contributed by atoms with Crippen LogP contribution in [-0.2, 0) is 0 Å². The second-order valence-electron chi connectivity index (χ2n) is 5.80. The van der Waals surface area contributed by atoms with Gasteiger partial charge in [-0.2, -0.15) is 9.49 Å². The zero-order valence-electron chi connectivity index (χ0n) is 13.0. The van der Waals surface area contributed by atoms with Crippen molar-refractivity contribution in [2.75, 3.05) is 18.8 Å². The number of halogens is 1. The molecule has 0 radical (unpaired) electrons. The number of carboxylic acid groups (broad SMARTS) is 1. The number of likely N-dealkylation sites (tertiary alicyclic amines) is 1. The molecule has 4 rings (SSSR count). The van der Waals surface area contributed by atoms with Crippen molar-refractivity contribution in [1.82, 2.24) is 29.6 Å². The average Bonchev–Trinajstić information content (AvgIpc) is 3.22. The number of nitrogen functional groups attached to an aromatic ring is 1. The molecule has 1 aliphatic heterocycles. The van der Waals surface area contributed by atoms with Gasteiger partial charge in [0.15, 0.2) is 11.5 Å². The van der Waals surface area contributed by atoms with Crippen molar-refractivity contribution in [2.45, 2.75) is 12.5 Å². The van der Waals surface area contributed by atoms with Gasteiger partial charge in [0, 0.05) is 24.8 Å². The van der Waals surface area contributed by atoms with Gasteiger partial charge in [-0.3, -0.25) is 0 Å². The van der Waals surface area contributed by atoms with E-state index in [1.807, 2.05) is 0 Å². The Kier molecular flexibility index (Phi) is 3.45. The summed E-state index contributed by atoms with van der Waals surface area (Å²) in [6, 6.07) is 2.62. The first kappa shape index (κ1) is 15.2. The predicted molar refractivity (Wildman–Crippen MR) is 86.2 cm³/mol. The summed E-state index contributed by atoms with van der Waals surface area (Å²) in [5, 5.41) is 14.0. The number of nitrogens with two attached hydrogens (primary N) is 1. The SMILES string of the molecule is Nc1nc(-c2ccc(F)nc2)nc2c1cnn2[C@H]1CCN(C(=O)O)C1. The Morgan fingerprint density at radius 3 is 2.84 bits per heavy atom. The monoisotopic (exact) mass is 343 g/mol. The minimum atomic E-state index is -0.953. The van der Waals surface area contributed by atoms with E-state index in [2.05, 4.69) is 20.1 Å². The first-order chi connectivity index (χ1) is 12.0. The van der Waals surface area contributed by atoms with Gasteiger partial charge in [-0.25, -0.2) is 24.4 Å². The van der Waals surface area contributed by atoms with Crippen LogP contribution in [0.15, 0.2) is 24.5 Å². The average molecular weight is 343 g/mol. The number of rotatable bonds is 2. The predicted octanol–water partition coefficient (Wildman–Crippen LogP) is 1.53. The standard InChI is InChI=1S/C15H14FN7O2/c16-11-2-1-8(5-18-11)13-20-12(17)10-6-19-23(14(10)21-13)9-3-4-22(7-9)15(24)25/h1-2,5-6,9H,3-4,7H2,(H,24,25)(H2,17,20,21)/t9-/m0/s1. The maximum atomic E-state index is 13.0. The Hall–Kier alpha value is -3.30. The van der Waals surface area contributed by atoms with Crippen molar-refractivity contribution in [2.24, 2.45) is 0 Å². The zero-order chi connectivity index (χ0) is 17.6. The van der Waals surface area contributed by atoms with E-state index in [0.717, 1.165) is 0 Å². The Balaban J connectivity index is 1.77. The number of hydrogen-bond donors (Lipinski definition) is 2. The third kappa shape index (κ3) is 2.61. The van der Waals surface area contributed by atoms with Gasteiger partial charge in [0.05, 0.1) is 17.6 Å². The molecule has 0 aromatic carbocycles. The molecule has 1 atom stereocenters. The maximum absolute atomic E-state index is 13.0. The topological polar surface area (TPSA) is 123 Å². The second-order valence-corrected chi connectivity index (χ2v) is 5.80. The smallest absolute Gasteiger partial charge is 0.407 e. The maximum Gasteiger partial charge on any atom is 0.407 e. The molecule has 0 spiro atoms. The Morgan fingerprint density at radius 1 is 1.32 bits per heavy atom. The highest BCUT2D eigenvalue weighted by molar-refractivity contribution is 5.87. The quantitative estimate of drug-likeness (QED) is 0.676. The van der Waals surface area contributed by atoms with Crippen LogP contribution in [0.5, 0.6) is 0 Å². The summed E-state index contributed by atoms with van der Waals surface area (Å²) >= 11 is 0. The first-order valence-corrected chi connectivity index (χ1v) is 7.63. The lowest BCUT2D eigenvalue weighted by Gasteiger charge is -2.13. The molecule has 10 heteroatoms. The number of fused-ring (bicyclic) bond motifs is 1. The lowest BCUT2D eigenvalue weighted by molar-refractivity contribution is 0.154. The third-order valence-electron chi connectivity index (χ3n) is 4.25. The van der Waals surface area contributed by atoms with Crippen LogP contribution in [0.2, 0.25) is 0 Å². The van der Waals surface area contributed by atoms with E-state index < -0.39 is 12.0 Å². The molecule has 1 amide bonds. The number of aromatic nitrogens is 5. The summed E-state index contributed by atoms with van der Waals surface area (Å²) < 4.78 is 14.7. The van der Waals surface area contributed by atoms with Crippen molar-refractivity contribution in [3.63, 3.8) is 0 Å².